The van der Waals surface area contributed by atoms with Gasteiger partial charge in [-0.3, -0.25) is 4.79 Å². The van der Waals surface area contributed by atoms with Crippen LogP contribution in [-0.4, -0.2) is 54.9 Å². The number of thiophene rings is 1. The summed E-state index contributed by atoms with van der Waals surface area (Å²) in [6.07, 6.45) is -1.12. The Kier molecular flexibility index (Phi) is 5.61. The van der Waals surface area contributed by atoms with Crippen LogP contribution in [0.3, 0.4) is 0 Å². The van der Waals surface area contributed by atoms with Gasteiger partial charge in [0.15, 0.2) is 6.10 Å². The van der Waals surface area contributed by atoms with Crippen molar-refractivity contribution in [2.45, 2.75) is 12.1 Å². The number of carbonyl (C=O) groups excluding carboxylic acids is 1. The largest absolute Gasteiger partial charge is 0.479 e. The molecule has 2 atom stereocenters. The Hall–Kier alpha value is -0.670. The van der Waals surface area contributed by atoms with Crippen LogP contribution in [0.2, 0.25) is 4.34 Å². The Bertz CT molecular complexity index is 532. The minimum absolute atomic E-state index is 0.253. The quantitative estimate of drug-likeness (QED) is 0.822. The highest BCUT2D eigenvalue weighted by molar-refractivity contribution is 9.10. The number of carbonyl (C=O) groups is 2. The van der Waals surface area contributed by atoms with E-state index in [2.05, 4.69) is 15.9 Å². The molecule has 0 spiro atoms. The molecule has 0 radical (unpaired) electrons. The van der Waals surface area contributed by atoms with E-state index in [1.165, 1.54) is 23.3 Å². The van der Waals surface area contributed by atoms with Gasteiger partial charge in [-0.15, -0.1) is 11.3 Å². The monoisotopic (exact) mass is 397 g/mol. The Balaban J connectivity index is 2.38. The highest BCUT2D eigenvalue weighted by Crippen LogP contribution is 2.40. The number of nitrogens with zero attached hydrogens (tertiary/aromatic N) is 1. The zero-order valence-electron chi connectivity index (χ0n) is 11.0. The molecule has 2 unspecified atom stereocenters. The number of carboxylic acid groups (broad SMARTS) is 1. The number of amides is 1. The Morgan fingerprint density at radius 1 is 1.71 bits per heavy atom. The molecule has 1 aromatic heterocycles. The number of aliphatic carboxylic acids is 1. The second-order valence-electron chi connectivity index (χ2n) is 4.37. The van der Waals surface area contributed by atoms with Crippen LogP contribution in [0, 0.1) is 0 Å². The average Bonchev–Trinajstić information content (AvgIpc) is 2.76. The summed E-state index contributed by atoms with van der Waals surface area (Å²) in [6.45, 7) is 0.354. The molecule has 2 heterocycles. The normalized spacial score (nSPS) is 22.6. The number of carboxylic acids is 1. The summed E-state index contributed by atoms with van der Waals surface area (Å²) in [5.41, 5.74) is 0. The maximum Gasteiger partial charge on any atom is 0.335 e. The van der Waals surface area contributed by atoms with Crippen molar-refractivity contribution in [1.82, 2.24) is 4.90 Å². The first kappa shape index (κ1) is 16.7. The number of halogens is 2. The van der Waals surface area contributed by atoms with E-state index in [0.717, 1.165) is 0 Å². The lowest BCUT2D eigenvalue weighted by molar-refractivity contribution is -0.173. The molecule has 21 heavy (non-hydrogen) atoms. The highest BCUT2D eigenvalue weighted by Gasteiger charge is 2.42. The molecule has 0 saturated carbocycles. The molecule has 0 bridgehead atoms. The van der Waals surface area contributed by atoms with Crippen molar-refractivity contribution in [3.8, 4) is 0 Å². The average molecular weight is 399 g/mol. The fourth-order valence-corrected chi connectivity index (χ4v) is 4.00. The predicted octanol–water partition coefficient (Wildman–Crippen LogP) is 2.16. The van der Waals surface area contributed by atoms with E-state index in [4.69, 9.17) is 21.1 Å². The molecule has 0 aromatic carbocycles. The molecule has 1 fully saturated rings. The third-order valence-corrected chi connectivity index (χ3v) is 5.61. The summed E-state index contributed by atoms with van der Waals surface area (Å²) in [6, 6.07) is 1.00. The molecule has 1 aliphatic rings. The number of ether oxygens (including phenoxy) is 2. The van der Waals surface area contributed by atoms with Crippen molar-refractivity contribution in [3.63, 3.8) is 0 Å². The summed E-state index contributed by atoms with van der Waals surface area (Å²) in [7, 11) is 1.52. The maximum absolute atomic E-state index is 12.1. The summed E-state index contributed by atoms with van der Waals surface area (Å²) < 4.78 is 11.3. The lowest BCUT2D eigenvalue weighted by Gasteiger charge is -2.38. The number of hydrogen-bond acceptors (Lipinski definition) is 5. The fraction of sp³-hybridized carbons (Fsp3) is 0.500. The maximum atomic E-state index is 12.1. The van der Waals surface area contributed by atoms with Crippen molar-refractivity contribution in [3.05, 3.63) is 19.8 Å². The topological polar surface area (TPSA) is 76.1 Å². The van der Waals surface area contributed by atoms with Crippen LogP contribution in [0.4, 0.5) is 0 Å². The van der Waals surface area contributed by atoms with E-state index in [0.29, 0.717) is 26.8 Å². The van der Waals surface area contributed by atoms with Crippen molar-refractivity contribution in [2.24, 2.45) is 0 Å². The molecule has 2 rings (SSSR count). The van der Waals surface area contributed by atoms with Crippen LogP contribution in [0.15, 0.2) is 10.5 Å². The van der Waals surface area contributed by atoms with Crippen LogP contribution in [0.5, 0.6) is 0 Å². The first-order valence-electron chi connectivity index (χ1n) is 6.03. The lowest BCUT2D eigenvalue weighted by Crippen LogP contribution is -2.52. The molecule has 6 nitrogen and oxygen atoms in total. The standard InChI is InChI=1S/C12H13BrClNO5S/c1-19-3-2-15-8(16)5-20-10(12(17)18)9(15)7-4-6(13)11(14)21-7/h4,9-10H,2-3,5H2,1H3,(H,17,18). The first-order chi connectivity index (χ1) is 9.95. The second-order valence-corrected chi connectivity index (χ2v) is 6.91. The molecular formula is C12H13BrClNO5S. The van der Waals surface area contributed by atoms with E-state index in [1.807, 2.05) is 0 Å². The molecule has 1 amide bonds. The van der Waals surface area contributed by atoms with Crippen molar-refractivity contribution in [1.29, 1.82) is 0 Å². The Labute approximate surface area is 138 Å². The smallest absolute Gasteiger partial charge is 0.335 e. The minimum atomic E-state index is -1.12. The van der Waals surface area contributed by atoms with Gasteiger partial charge in [0.1, 0.15) is 17.0 Å². The van der Waals surface area contributed by atoms with E-state index in [-0.39, 0.29) is 12.5 Å². The van der Waals surface area contributed by atoms with Crippen LogP contribution in [0.1, 0.15) is 10.9 Å². The zero-order valence-corrected chi connectivity index (χ0v) is 14.2. The SMILES string of the molecule is COCCN1C(=O)COC(C(=O)O)C1c1cc(Br)c(Cl)s1. The summed E-state index contributed by atoms with van der Waals surface area (Å²) in [5, 5.41) is 9.34. The van der Waals surface area contributed by atoms with Gasteiger partial charge in [0.25, 0.3) is 0 Å². The summed E-state index contributed by atoms with van der Waals surface area (Å²) >= 11 is 10.5. The molecule has 1 saturated heterocycles. The second kappa shape index (κ2) is 7.06. The van der Waals surface area contributed by atoms with Gasteiger partial charge in [-0.1, -0.05) is 11.6 Å². The fourth-order valence-electron chi connectivity index (χ4n) is 2.13. The first-order valence-corrected chi connectivity index (χ1v) is 8.02. The molecular weight excluding hydrogens is 386 g/mol. The van der Waals surface area contributed by atoms with E-state index in [9.17, 15) is 14.7 Å². The van der Waals surface area contributed by atoms with Gasteiger partial charge in [-0.2, -0.15) is 0 Å². The van der Waals surface area contributed by atoms with Gasteiger partial charge in [0, 0.05) is 23.0 Å². The third kappa shape index (κ3) is 3.57. The molecule has 1 aromatic rings. The Morgan fingerprint density at radius 2 is 2.43 bits per heavy atom. The van der Waals surface area contributed by atoms with Gasteiger partial charge in [0.2, 0.25) is 5.91 Å². The number of methoxy groups -OCH3 is 1. The van der Waals surface area contributed by atoms with Gasteiger partial charge in [0.05, 0.1) is 6.61 Å². The minimum Gasteiger partial charge on any atom is -0.479 e. The van der Waals surface area contributed by atoms with Crippen LogP contribution in [0.25, 0.3) is 0 Å². The number of hydrogen-bond donors (Lipinski definition) is 1. The third-order valence-electron chi connectivity index (χ3n) is 3.06. The van der Waals surface area contributed by atoms with Gasteiger partial charge >= 0.3 is 5.97 Å². The molecule has 0 aliphatic carbocycles. The van der Waals surface area contributed by atoms with Gasteiger partial charge in [-0.25, -0.2) is 4.79 Å². The molecule has 116 valence electrons. The predicted molar refractivity (Wildman–Crippen MR) is 80.7 cm³/mol. The number of rotatable bonds is 5. The molecule has 1 N–H and O–H groups in total. The van der Waals surface area contributed by atoms with Crippen molar-refractivity contribution in [2.75, 3.05) is 26.9 Å². The lowest BCUT2D eigenvalue weighted by atomic mass is 10.1. The van der Waals surface area contributed by atoms with Crippen LogP contribution in [-0.2, 0) is 19.1 Å². The number of morpholine rings is 1. The molecule has 9 heteroatoms. The molecule has 1 aliphatic heterocycles. The van der Waals surface area contributed by atoms with Crippen molar-refractivity contribution < 1.29 is 24.2 Å². The Morgan fingerprint density at radius 3 is 2.95 bits per heavy atom. The van der Waals surface area contributed by atoms with Crippen molar-refractivity contribution >= 4 is 50.7 Å². The van der Waals surface area contributed by atoms with E-state index >= 15 is 0 Å². The van der Waals surface area contributed by atoms with E-state index in [1.54, 1.807) is 6.07 Å². The van der Waals surface area contributed by atoms with E-state index < -0.39 is 18.1 Å². The zero-order chi connectivity index (χ0) is 15.6. The van der Waals surface area contributed by atoms with Gasteiger partial charge in [-0.05, 0) is 22.0 Å². The summed E-state index contributed by atoms with van der Waals surface area (Å²) in [5.74, 6) is -1.38. The van der Waals surface area contributed by atoms with Crippen LogP contribution < -0.4 is 0 Å². The van der Waals surface area contributed by atoms with Crippen LogP contribution >= 0.6 is 38.9 Å². The summed E-state index contributed by atoms with van der Waals surface area (Å²) in [4.78, 5) is 25.6. The van der Waals surface area contributed by atoms with Gasteiger partial charge < -0.3 is 19.5 Å². The highest BCUT2D eigenvalue weighted by atomic mass is 79.9.